The third kappa shape index (κ3) is 2.89. The Morgan fingerprint density at radius 1 is 1.30 bits per heavy atom. The lowest BCUT2D eigenvalue weighted by Gasteiger charge is -2.06. The zero-order chi connectivity index (χ0) is 14.7. The average Bonchev–Trinajstić information content (AvgIpc) is 2.41. The number of H-pyrrole nitrogens is 1. The Labute approximate surface area is 113 Å². The summed E-state index contributed by atoms with van der Waals surface area (Å²) in [5, 5.41) is 13.4. The number of anilines is 1. The third-order valence-corrected chi connectivity index (χ3v) is 2.71. The number of aromatic amines is 1. The van der Waals surface area contributed by atoms with Crippen molar-refractivity contribution in [3.63, 3.8) is 0 Å². The Kier molecular flexibility index (Phi) is 3.60. The molecule has 2 aromatic rings. The Balaban J connectivity index is 2.24. The highest BCUT2D eigenvalue weighted by molar-refractivity contribution is 6.04. The minimum absolute atomic E-state index is 0.0655. The van der Waals surface area contributed by atoms with Crippen molar-refractivity contribution in [1.29, 1.82) is 0 Å². The van der Waals surface area contributed by atoms with Gasteiger partial charge in [-0.2, -0.15) is 0 Å². The summed E-state index contributed by atoms with van der Waals surface area (Å²) < 4.78 is 0. The smallest absolute Gasteiger partial charge is 0.274 e. The predicted octanol–water partition coefficient (Wildman–Crippen LogP) is 1.84. The van der Waals surface area contributed by atoms with E-state index in [-0.39, 0.29) is 16.8 Å². The van der Waals surface area contributed by atoms with Crippen LogP contribution in [-0.2, 0) is 0 Å². The van der Waals surface area contributed by atoms with E-state index >= 15 is 0 Å². The highest BCUT2D eigenvalue weighted by atomic mass is 16.6. The van der Waals surface area contributed by atoms with Crippen LogP contribution in [0.25, 0.3) is 0 Å². The van der Waals surface area contributed by atoms with Gasteiger partial charge in [0.25, 0.3) is 11.6 Å². The molecule has 2 N–H and O–H groups in total. The van der Waals surface area contributed by atoms with Crippen LogP contribution in [0.4, 0.5) is 11.4 Å². The number of nitro benzene ring substituents is 1. The van der Waals surface area contributed by atoms with Gasteiger partial charge in [-0.05, 0) is 19.1 Å². The molecule has 0 fully saturated rings. The normalized spacial score (nSPS) is 10.1. The predicted molar refractivity (Wildman–Crippen MR) is 72.8 cm³/mol. The number of carbonyl (C=O) groups is 1. The molecule has 1 aromatic heterocycles. The van der Waals surface area contributed by atoms with Crippen molar-refractivity contribution < 1.29 is 9.72 Å². The largest absolute Gasteiger partial charge is 0.328 e. The molecule has 0 aliphatic rings. The van der Waals surface area contributed by atoms with Crippen LogP contribution >= 0.6 is 0 Å². The fraction of sp³-hybridized carbons (Fsp3) is 0.0769. The first-order chi connectivity index (χ1) is 9.47. The van der Waals surface area contributed by atoms with Crippen LogP contribution in [0.15, 0.2) is 41.3 Å². The SMILES string of the molecule is Cc1ccc(NC(=O)c2ccc(=O)[nH]c2)cc1[N+](=O)[O-]. The number of nitrogens with one attached hydrogen (secondary N) is 2. The fourth-order valence-corrected chi connectivity index (χ4v) is 1.64. The summed E-state index contributed by atoms with van der Waals surface area (Å²) in [6.45, 7) is 1.62. The van der Waals surface area contributed by atoms with Gasteiger partial charge in [0, 0.05) is 29.6 Å². The molecule has 2 rings (SSSR count). The zero-order valence-electron chi connectivity index (χ0n) is 10.5. The van der Waals surface area contributed by atoms with E-state index in [1.807, 2.05) is 0 Å². The van der Waals surface area contributed by atoms with Crippen molar-refractivity contribution in [2.45, 2.75) is 6.92 Å². The molecule has 1 heterocycles. The molecule has 20 heavy (non-hydrogen) atoms. The Morgan fingerprint density at radius 2 is 2.05 bits per heavy atom. The molecular formula is C13H11N3O4. The Hall–Kier alpha value is -2.96. The number of rotatable bonds is 3. The molecule has 0 aliphatic carbocycles. The van der Waals surface area contributed by atoms with Crippen LogP contribution in [0.3, 0.4) is 0 Å². The molecule has 7 nitrogen and oxygen atoms in total. The van der Waals surface area contributed by atoms with Crippen molar-refractivity contribution in [1.82, 2.24) is 4.98 Å². The second-order valence-electron chi connectivity index (χ2n) is 4.15. The van der Waals surface area contributed by atoms with E-state index in [0.29, 0.717) is 11.3 Å². The van der Waals surface area contributed by atoms with Crippen LogP contribution in [0, 0.1) is 17.0 Å². The number of aryl methyl sites for hydroxylation is 1. The number of pyridine rings is 1. The minimum atomic E-state index is -0.509. The van der Waals surface area contributed by atoms with Crippen molar-refractivity contribution in [2.75, 3.05) is 5.32 Å². The molecule has 0 unspecified atom stereocenters. The van der Waals surface area contributed by atoms with Gasteiger partial charge in [-0.3, -0.25) is 19.7 Å². The van der Waals surface area contributed by atoms with Crippen LogP contribution < -0.4 is 10.9 Å². The average molecular weight is 273 g/mol. The summed E-state index contributed by atoms with van der Waals surface area (Å²) in [7, 11) is 0. The molecule has 7 heteroatoms. The number of amides is 1. The molecule has 0 spiro atoms. The van der Waals surface area contributed by atoms with E-state index in [2.05, 4.69) is 10.3 Å². The second kappa shape index (κ2) is 5.35. The Morgan fingerprint density at radius 3 is 2.65 bits per heavy atom. The van der Waals surface area contributed by atoms with Gasteiger partial charge in [-0.1, -0.05) is 6.07 Å². The molecule has 0 radical (unpaired) electrons. The first-order valence-corrected chi connectivity index (χ1v) is 5.72. The van der Waals surface area contributed by atoms with E-state index in [0.717, 1.165) is 0 Å². The maximum atomic E-state index is 11.9. The quantitative estimate of drug-likeness (QED) is 0.657. The van der Waals surface area contributed by atoms with Gasteiger partial charge in [0.2, 0.25) is 5.56 Å². The highest BCUT2D eigenvalue weighted by Crippen LogP contribution is 2.22. The molecule has 0 saturated heterocycles. The molecule has 102 valence electrons. The molecule has 0 aliphatic heterocycles. The van der Waals surface area contributed by atoms with Crippen LogP contribution in [-0.4, -0.2) is 15.8 Å². The molecule has 0 saturated carbocycles. The molecule has 1 amide bonds. The van der Waals surface area contributed by atoms with E-state index in [1.165, 1.54) is 24.4 Å². The van der Waals surface area contributed by atoms with Gasteiger partial charge in [0.15, 0.2) is 0 Å². The van der Waals surface area contributed by atoms with Gasteiger partial charge in [0.05, 0.1) is 10.5 Å². The topological polar surface area (TPSA) is 105 Å². The third-order valence-electron chi connectivity index (χ3n) is 2.71. The van der Waals surface area contributed by atoms with Gasteiger partial charge in [-0.25, -0.2) is 0 Å². The zero-order valence-corrected chi connectivity index (χ0v) is 10.5. The van der Waals surface area contributed by atoms with Crippen molar-refractivity contribution in [2.24, 2.45) is 0 Å². The summed E-state index contributed by atoms with van der Waals surface area (Å²) in [6.07, 6.45) is 1.28. The van der Waals surface area contributed by atoms with E-state index in [9.17, 15) is 19.7 Å². The lowest BCUT2D eigenvalue weighted by molar-refractivity contribution is -0.385. The summed E-state index contributed by atoms with van der Waals surface area (Å²) in [4.78, 5) is 35.5. The number of hydrogen-bond donors (Lipinski definition) is 2. The number of benzene rings is 1. The molecular weight excluding hydrogens is 262 g/mol. The Bertz CT molecular complexity index is 716. The monoisotopic (exact) mass is 273 g/mol. The molecule has 0 bridgehead atoms. The summed E-state index contributed by atoms with van der Waals surface area (Å²) in [5.74, 6) is -0.459. The van der Waals surface area contributed by atoms with Crippen LogP contribution in [0.1, 0.15) is 15.9 Å². The number of aromatic nitrogens is 1. The van der Waals surface area contributed by atoms with E-state index < -0.39 is 10.8 Å². The number of nitro groups is 1. The van der Waals surface area contributed by atoms with Gasteiger partial charge in [0.1, 0.15) is 0 Å². The number of hydrogen-bond acceptors (Lipinski definition) is 4. The number of nitrogens with zero attached hydrogens (tertiary/aromatic N) is 1. The van der Waals surface area contributed by atoms with Crippen molar-refractivity contribution in [3.8, 4) is 0 Å². The summed E-state index contributed by atoms with van der Waals surface area (Å²) >= 11 is 0. The summed E-state index contributed by atoms with van der Waals surface area (Å²) in [5.41, 5.74) is 0.708. The van der Waals surface area contributed by atoms with E-state index in [4.69, 9.17) is 0 Å². The summed E-state index contributed by atoms with van der Waals surface area (Å²) in [6, 6.07) is 7.02. The highest BCUT2D eigenvalue weighted by Gasteiger charge is 2.13. The fourth-order valence-electron chi connectivity index (χ4n) is 1.64. The standard InChI is InChI=1S/C13H11N3O4/c1-8-2-4-10(6-11(8)16(19)20)15-13(18)9-3-5-12(17)14-7-9/h2-7H,1H3,(H,14,17)(H,15,18). The van der Waals surface area contributed by atoms with Crippen molar-refractivity contribution in [3.05, 3.63) is 68.1 Å². The first-order valence-electron chi connectivity index (χ1n) is 5.72. The second-order valence-corrected chi connectivity index (χ2v) is 4.15. The number of carbonyl (C=O) groups excluding carboxylic acids is 1. The maximum absolute atomic E-state index is 11.9. The molecule has 1 aromatic carbocycles. The molecule has 0 atom stereocenters. The maximum Gasteiger partial charge on any atom is 0.274 e. The van der Waals surface area contributed by atoms with Gasteiger partial charge < -0.3 is 10.3 Å². The van der Waals surface area contributed by atoms with Gasteiger partial charge in [-0.15, -0.1) is 0 Å². The lowest BCUT2D eigenvalue weighted by atomic mass is 10.2. The van der Waals surface area contributed by atoms with Crippen LogP contribution in [0.5, 0.6) is 0 Å². The van der Waals surface area contributed by atoms with Crippen LogP contribution in [0.2, 0.25) is 0 Å². The lowest BCUT2D eigenvalue weighted by Crippen LogP contribution is -2.14. The minimum Gasteiger partial charge on any atom is -0.328 e. The first kappa shape index (κ1) is 13.5. The van der Waals surface area contributed by atoms with Crippen molar-refractivity contribution >= 4 is 17.3 Å². The van der Waals surface area contributed by atoms with E-state index in [1.54, 1.807) is 19.1 Å². The van der Waals surface area contributed by atoms with Gasteiger partial charge >= 0.3 is 0 Å².